The number of benzene rings is 3. The Kier molecular flexibility index (Phi) is 12.6. The van der Waals surface area contributed by atoms with Gasteiger partial charge in [-0.05, 0) is 65.9 Å². The molecule has 0 bridgehead atoms. The summed E-state index contributed by atoms with van der Waals surface area (Å²) in [6.45, 7) is 8.07. The van der Waals surface area contributed by atoms with Gasteiger partial charge in [-0.2, -0.15) is 13.2 Å². The molecule has 0 N–H and O–H groups in total. The average Bonchev–Trinajstić information content (AvgIpc) is 3.39. The summed E-state index contributed by atoms with van der Waals surface area (Å²) in [7, 11) is 1.35. The summed E-state index contributed by atoms with van der Waals surface area (Å²) in [5, 5.41) is 0.755. The van der Waals surface area contributed by atoms with Crippen molar-refractivity contribution < 1.29 is 22.7 Å². The molecule has 0 aliphatic rings. The van der Waals surface area contributed by atoms with Crippen molar-refractivity contribution in [3.63, 3.8) is 0 Å². The van der Waals surface area contributed by atoms with E-state index in [-0.39, 0.29) is 5.97 Å². The number of rotatable bonds is 9. The number of nitrogens with zero attached hydrogens (tertiary/aromatic N) is 2. The predicted octanol–water partition coefficient (Wildman–Crippen LogP) is 9.95. The maximum atomic E-state index is 13.1. The van der Waals surface area contributed by atoms with Crippen LogP contribution in [0.2, 0.25) is 0 Å². The summed E-state index contributed by atoms with van der Waals surface area (Å²) in [5.41, 5.74) is 4.80. The van der Waals surface area contributed by atoms with Crippen molar-refractivity contribution in [3.05, 3.63) is 143 Å². The maximum absolute atomic E-state index is 13.1. The molecule has 4 aromatic rings. The van der Waals surface area contributed by atoms with Crippen molar-refractivity contribution in [1.29, 1.82) is 0 Å². The van der Waals surface area contributed by atoms with Crippen LogP contribution in [0.15, 0.2) is 109 Å². The van der Waals surface area contributed by atoms with E-state index in [2.05, 4.69) is 11.1 Å². The van der Waals surface area contributed by atoms with Crippen LogP contribution in [-0.4, -0.2) is 28.5 Å². The normalized spacial score (nSPS) is 11.9. The van der Waals surface area contributed by atoms with Crippen LogP contribution in [0.1, 0.15) is 52.4 Å². The maximum Gasteiger partial charge on any atom is 0.416 e. The molecule has 0 amide bonds. The number of carbonyl (C=O) groups is 1. The van der Waals surface area contributed by atoms with E-state index >= 15 is 0 Å². The molecule has 0 saturated heterocycles. The highest BCUT2D eigenvalue weighted by molar-refractivity contribution is 6.30. The summed E-state index contributed by atoms with van der Waals surface area (Å²) < 4.78 is 46.2. The van der Waals surface area contributed by atoms with Gasteiger partial charge in [0.2, 0.25) is 0 Å². The molecule has 0 atom stereocenters. The molecule has 44 heavy (non-hydrogen) atoms. The lowest BCUT2D eigenvalue weighted by molar-refractivity contribution is -0.137. The highest BCUT2D eigenvalue weighted by Gasteiger charge is 2.30. The Balaban J connectivity index is 0.000000801. The van der Waals surface area contributed by atoms with Gasteiger partial charge in [-0.25, -0.2) is 9.78 Å². The Labute approximate surface area is 266 Å². The van der Waals surface area contributed by atoms with Crippen molar-refractivity contribution in [2.75, 3.05) is 13.0 Å². The molecule has 4 nitrogen and oxygen atoms in total. The molecular formula is C35H33Cl2F3N2O2. The van der Waals surface area contributed by atoms with Crippen LogP contribution in [0.3, 0.4) is 0 Å². The van der Waals surface area contributed by atoms with E-state index < -0.39 is 11.7 Å². The van der Waals surface area contributed by atoms with Gasteiger partial charge in [-0.3, -0.25) is 0 Å². The zero-order chi connectivity index (χ0) is 32.3. The largest absolute Gasteiger partial charge is 0.465 e. The predicted molar refractivity (Wildman–Crippen MR) is 173 cm³/mol. The third kappa shape index (κ3) is 10.00. The number of methoxy groups -OCH3 is 1. The topological polar surface area (TPSA) is 44.1 Å². The lowest BCUT2D eigenvalue weighted by Gasteiger charge is -2.10. The first-order chi connectivity index (χ1) is 20.9. The minimum Gasteiger partial charge on any atom is -0.465 e. The van der Waals surface area contributed by atoms with E-state index in [1.807, 2.05) is 55.6 Å². The first-order valence-corrected chi connectivity index (χ1v) is 14.5. The van der Waals surface area contributed by atoms with Crippen LogP contribution in [0.4, 0.5) is 13.2 Å². The molecule has 230 valence electrons. The second-order valence-electron chi connectivity index (χ2n) is 9.84. The summed E-state index contributed by atoms with van der Waals surface area (Å²) in [6, 6.07) is 20.0. The number of carbonyl (C=O) groups excluding carboxylic acids is 1. The monoisotopic (exact) mass is 640 g/mol. The third-order valence-corrected chi connectivity index (χ3v) is 6.87. The standard InChI is InChI=1S/C31H27F3N2O2.C4H6Cl2/c1-4-6-21(2)28-20-36(19-23-11-15-25(16-12-23)30(37)38-3)29(35-28)17-22-9-13-24(14-10-22)26-7-5-8-27(18-26)31(32,33)34;1-4(6)2-3-5/h4-16,18,20H,1,17,19H2,2-3H3;2H,3H2,1H3/b21-6+;4-2+. The Morgan fingerprint density at radius 1 is 1.00 bits per heavy atom. The number of hydrogen-bond donors (Lipinski definition) is 0. The molecule has 0 radical (unpaired) electrons. The number of imidazole rings is 1. The molecule has 0 spiro atoms. The minimum absolute atomic E-state index is 0.388. The first kappa shape index (κ1) is 34.4. The molecule has 4 rings (SSSR count). The number of esters is 1. The lowest BCUT2D eigenvalue weighted by atomic mass is 10.0. The summed E-state index contributed by atoms with van der Waals surface area (Å²) >= 11 is 10.6. The summed E-state index contributed by atoms with van der Waals surface area (Å²) in [6.07, 6.45) is 3.48. The van der Waals surface area contributed by atoms with Crippen molar-refractivity contribution in [1.82, 2.24) is 9.55 Å². The van der Waals surface area contributed by atoms with Gasteiger partial charge in [0, 0.05) is 30.1 Å². The number of halogens is 5. The zero-order valence-corrected chi connectivity index (χ0v) is 26.2. The third-order valence-electron chi connectivity index (χ3n) is 6.56. The first-order valence-electron chi connectivity index (χ1n) is 13.6. The lowest BCUT2D eigenvalue weighted by Crippen LogP contribution is -2.06. The van der Waals surface area contributed by atoms with E-state index in [4.69, 9.17) is 32.9 Å². The minimum atomic E-state index is -4.39. The number of ether oxygens (including phenoxy) is 1. The number of alkyl halides is 4. The van der Waals surface area contributed by atoms with Crippen LogP contribution in [0, 0.1) is 0 Å². The Morgan fingerprint density at radius 2 is 1.66 bits per heavy atom. The van der Waals surface area contributed by atoms with Crippen LogP contribution in [-0.2, 0) is 23.9 Å². The van der Waals surface area contributed by atoms with E-state index in [0.29, 0.717) is 35.5 Å². The Morgan fingerprint density at radius 3 is 2.20 bits per heavy atom. The van der Waals surface area contributed by atoms with E-state index in [1.165, 1.54) is 13.2 Å². The van der Waals surface area contributed by atoms with Gasteiger partial charge >= 0.3 is 12.1 Å². The highest BCUT2D eigenvalue weighted by Crippen LogP contribution is 2.32. The fraction of sp³-hybridized carbons (Fsp3) is 0.200. The SMILES string of the molecule is C/C(Cl)=C\CCl.C=C/C=C(\C)c1cn(Cc2ccc(C(=O)OC)cc2)c(Cc2ccc(-c3cccc(C(F)(F)F)c3)cc2)n1. The van der Waals surface area contributed by atoms with Crippen molar-refractivity contribution in [3.8, 4) is 11.1 Å². The van der Waals surface area contributed by atoms with Gasteiger partial charge in [0.25, 0.3) is 0 Å². The molecule has 0 unspecified atom stereocenters. The zero-order valence-electron chi connectivity index (χ0n) is 24.7. The smallest absolute Gasteiger partial charge is 0.416 e. The molecule has 0 fully saturated rings. The summed E-state index contributed by atoms with van der Waals surface area (Å²) in [4.78, 5) is 16.6. The van der Waals surface area contributed by atoms with E-state index in [9.17, 15) is 18.0 Å². The van der Waals surface area contributed by atoms with Gasteiger partial charge in [0.05, 0.1) is 23.9 Å². The van der Waals surface area contributed by atoms with E-state index in [1.54, 1.807) is 37.3 Å². The van der Waals surface area contributed by atoms with Crippen LogP contribution < -0.4 is 0 Å². The molecule has 1 aromatic heterocycles. The van der Waals surface area contributed by atoms with Crippen molar-refractivity contribution in [2.45, 2.75) is 33.0 Å². The van der Waals surface area contributed by atoms with Crippen molar-refractivity contribution >= 4 is 34.7 Å². The number of hydrogen-bond acceptors (Lipinski definition) is 3. The van der Waals surface area contributed by atoms with E-state index in [0.717, 1.165) is 45.4 Å². The average molecular weight is 642 g/mol. The highest BCUT2D eigenvalue weighted by atomic mass is 35.5. The Hall–Kier alpha value is -4.07. The van der Waals surface area contributed by atoms with Gasteiger partial charge in [0.15, 0.2) is 0 Å². The second kappa shape index (κ2) is 16.1. The molecular weight excluding hydrogens is 608 g/mol. The fourth-order valence-electron chi connectivity index (χ4n) is 4.22. The molecule has 3 aromatic carbocycles. The van der Waals surface area contributed by atoms with Gasteiger partial charge in [0.1, 0.15) is 5.82 Å². The molecule has 0 aliphatic heterocycles. The second-order valence-corrected chi connectivity index (χ2v) is 10.7. The summed E-state index contributed by atoms with van der Waals surface area (Å²) in [5.74, 6) is 0.955. The van der Waals surface area contributed by atoms with Gasteiger partial charge in [-0.15, -0.1) is 11.6 Å². The van der Waals surface area contributed by atoms with Crippen LogP contribution >= 0.6 is 23.2 Å². The Bertz CT molecular complexity index is 1620. The van der Waals surface area contributed by atoms with Gasteiger partial charge in [-0.1, -0.05) is 84.9 Å². The fourth-order valence-corrected chi connectivity index (χ4v) is 4.61. The molecule has 0 aliphatic carbocycles. The number of allylic oxidation sites excluding steroid dienone is 5. The quantitative estimate of drug-likeness (QED) is 0.104. The molecule has 1 heterocycles. The molecule has 9 heteroatoms. The molecule has 0 saturated carbocycles. The van der Waals surface area contributed by atoms with Crippen LogP contribution in [0.5, 0.6) is 0 Å². The van der Waals surface area contributed by atoms with Crippen molar-refractivity contribution in [2.24, 2.45) is 0 Å². The number of aromatic nitrogens is 2. The van der Waals surface area contributed by atoms with Crippen LogP contribution in [0.25, 0.3) is 16.7 Å². The van der Waals surface area contributed by atoms with Gasteiger partial charge < -0.3 is 9.30 Å².